The van der Waals surface area contributed by atoms with Crippen LogP contribution in [0, 0.1) is 5.82 Å². The highest BCUT2D eigenvalue weighted by atomic mass is 35.5. The topological polar surface area (TPSA) is 65.7 Å². The van der Waals surface area contributed by atoms with E-state index in [4.69, 9.17) is 21.2 Å². The lowest BCUT2D eigenvalue weighted by atomic mass is 10.2. The quantitative estimate of drug-likeness (QED) is 0.364. The Kier molecular flexibility index (Phi) is 5.83. The first-order valence-electron chi connectivity index (χ1n) is 7.92. The maximum absolute atomic E-state index is 13.2. The maximum Gasteiger partial charge on any atom is 0.359 e. The van der Waals surface area contributed by atoms with Crippen molar-refractivity contribution in [2.24, 2.45) is 5.16 Å². The number of halogens is 2. The zero-order valence-corrected chi connectivity index (χ0v) is 15.1. The summed E-state index contributed by atoms with van der Waals surface area (Å²) in [6, 6.07) is 15.0. The molecule has 138 valence electrons. The lowest BCUT2D eigenvalue weighted by Gasteiger charge is -2.02. The molecule has 8 heteroatoms. The molecule has 1 aromatic heterocycles. The fraction of sp³-hybridized carbons (Fsp3) is 0.105. The van der Waals surface area contributed by atoms with Crippen molar-refractivity contribution < 1.29 is 18.8 Å². The fourth-order valence-corrected chi connectivity index (χ4v) is 2.61. The number of esters is 1. The van der Waals surface area contributed by atoms with E-state index in [1.165, 1.54) is 30.1 Å². The Bertz CT molecular complexity index is 974. The molecule has 0 atom stereocenters. The van der Waals surface area contributed by atoms with Gasteiger partial charge in [-0.1, -0.05) is 47.1 Å². The van der Waals surface area contributed by atoms with Gasteiger partial charge in [-0.25, -0.2) is 13.9 Å². The van der Waals surface area contributed by atoms with Crippen LogP contribution in [0.25, 0.3) is 5.69 Å². The van der Waals surface area contributed by atoms with E-state index in [0.29, 0.717) is 11.3 Å². The predicted octanol–water partition coefficient (Wildman–Crippen LogP) is 4.00. The number of methoxy groups -OCH3 is 1. The number of benzene rings is 2. The Hall–Kier alpha value is -3.19. The molecule has 27 heavy (non-hydrogen) atoms. The number of carbonyl (C=O) groups is 1. The van der Waals surface area contributed by atoms with Crippen molar-refractivity contribution in [1.29, 1.82) is 0 Å². The largest absolute Gasteiger partial charge is 0.464 e. The average molecular weight is 388 g/mol. The fourth-order valence-electron chi connectivity index (χ4n) is 2.34. The van der Waals surface area contributed by atoms with Gasteiger partial charge in [0.25, 0.3) is 0 Å². The summed E-state index contributed by atoms with van der Waals surface area (Å²) in [5.74, 6) is -1.02. The zero-order chi connectivity index (χ0) is 19.2. The van der Waals surface area contributed by atoms with Gasteiger partial charge in [0.1, 0.15) is 17.6 Å². The van der Waals surface area contributed by atoms with Gasteiger partial charge in [-0.05, 0) is 29.8 Å². The second kappa shape index (κ2) is 8.46. The Balaban J connectivity index is 1.84. The number of hydrogen-bond donors (Lipinski definition) is 0. The van der Waals surface area contributed by atoms with Gasteiger partial charge in [0.05, 0.1) is 24.6 Å². The highest BCUT2D eigenvalue weighted by Crippen LogP contribution is 2.23. The van der Waals surface area contributed by atoms with Gasteiger partial charge in [-0.2, -0.15) is 5.10 Å². The summed E-state index contributed by atoms with van der Waals surface area (Å²) in [7, 11) is 1.25. The molecule has 0 amide bonds. The van der Waals surface area contributed by atoms with Gasteiger partial charge in [0.2, 0.25) is 0 Å². The standard InChI is InChI=1S/C19H15ClFN3O3/c1-26-19(25)17-16(11-22-27-12-13-6-5-7-14(21)10-13)18(20)24(23-17)15-8-3-2-4-9-15/h2-11H,12H2,1H3. The van der Waals surface area contributed by atoms with Crippen LogP contribution in [-0.2, 0) is 16.2 Å². The molecule has 0 saturated heterocycles. The molecule has 0 fully saturated rings. The second-order valence-corrected chi connectivity index (χ2v) is 5.79. The van der Waals surface area contributed by atoms with Crippen molar-refractivity contribution in [1.82, 2.24) is 9.78 Å². The number of aromatic nitrogens is 2. The molecule has 0 spiro atoms. The first kappa shape index (κ1) is 18.6. The van der Waals surface area contributed by atoms with Crippen molar-refractivity contribution in [3.05, 3.63) is 82.4 Å². The minimum Gasteiger partial charge on any atom is -0.464 e. The van der Waals surface area contributed by atoms with Crippen LogP contribution in [0.2, 0.25) is 5.15 Å². The summed E-state index contributed by atoms with van der Waals surface area (Å²) < 4.78 is 19.3. The molecule has 0 aliphatic carbocycles. The normalized spacial score (nSPS) is 10.9. The zero-order valence-electron chi connectivity index (χ0n) is 14.3. The summed E-state index contributed by atoms with van der Waals surface area (Å²) in [5, 5.41) is 8.21. The van der Waals surface area contributed by atoms with E-state index >= 15 is 0 Å². The van der Waals surface area contributed by atoms with Crippen molar-refractivity contribution in [3.8, 4) is 5.69 Å². The lowest BCUT2D eigenvalue weighted by Crippen LogP contribution is -2.06. The molecular weight excluding hydrogens is 373 g/mol. The van der Waals surface area contributed by atoms with Crippen molar-refractivity contribution in [2.45, 2.75) is 6.61 Å². The van der Waals surface area contributed by atoms with Crippen LogP contribution in [0.1, 0.15) is 21.6 Å². The highest BCUT2D eigenvalue weighted by molar-refractivity contribution is 6.33. The van der Waals surface area contributed by atoms with Crippen LogP contribution >= 0.6 is 11.6 Å². The average Bonchev–Trinajstić information content (AvgIpc) is 3.02. The third-order valence-corrected chi connectivity index (χ3v) is 3.98. The SMILES string of the molecule is COC(=O)c1nn(-c2ccccc2)c(Cl)c1C=NOCc1cccc(F)c1. The maximum atomic E-state index is 13.2. The first-order valence-corrected chi connectivity index (χ1v) is 8.30. The van der Waals surface area contributed by atoms with Crippen LogP contribution in [0.5, 0.6) is 0 Å². The summed E-state index contributed by atoms with van der Waals surface area (Å²) in [5.41, 5.74) is 1.55. The molecule has 0 aliphatic rings. The molecule has 0 N–H and O–H groups in total. The molecule has 0 bridgehead atoms. The first-order chi connectivity index (χ1) is 13.1. The summed E-state index contributed by atoms with van der Waals surface area (Å²) >= 11 is 6.38. The molecule has 2 aromatic carbocycles. The summed E-state index contributed by atoms with van der Waals surface area (Å²) in [6.07, 6.45) is 1.28. The van der Waals surface area contributed by atoms with Gasteiger partial charge < -0.3 is 9.57 Å². The minimum atomic E-state index is -0.654. The van der Waals surface area contributed by atoms with Crippen molar-refractivity contribution >= 4 is 23.8 Å². The van der Waals surface area contributed by atoms with E-state index in [-0.39, 0.29) is 28.8 Å². The van der Waals surface area contributed by atoms with Gasteiger partial charge in [0.15, 0.2) is 5.69 Å². The summed E-state index contributed by atoms with van der Waals surface area (Å²) in [4.78, 5) is 17.2. The van der Waals surface area contributed by atoms with E-state index in [1.807, 2.05) is 18.2 Å². The van der Waals surface area contributed by atoms with E-state index in [2.05, 4.69) is 10.3 Å². The van der Waals surface area contributed by atoms with Crippen LogP contribution in [0.3, 0.4) is 0 Å². The van der Waals surface area contributed by atoms with Gasteiger partial charge in [-0.15, -0.1) is 0 Å². The van der Waals surface area contributed by atoms with Crippen LogP contribution in [-0.4, -0.2) is 29.1 Å². The Labute approximate surface area is 159 Å². The van der Waals surface area contributed by atoms with Gasteiger partial charge in [0, 0.05) is 0 Å². The number of carbonyl (C=O) groups excluding carboxylic acids is 1. The minimum absolute atomic E-state index is 0.00413. The Morgan fingerprint density at radius 1 is 1.26 bits per heavy atom. The number of ether oxygens (including phenoxy) is 1. The molecule has 1 heterocycles. The van der Waals surface area contributed by atoms with Crippen LogP contribution < -0.4 is 0 Å². The number of nitrogens with zero attached hydrogens (tertiary/aromatic N) is 3. The predicted molar refractivity (Wildman–Crippen MR) is 98.7 cm³/mol. The number of hydrogen-bond acceptors (Lipinski definition) is 5. The highest BCUT2D eigenvalue weighted by Gasteiger charge is 2.22. The molecular formula is C19H15ClFN3O3. The van der Waals surface area contributed by atoms with Gasteiger partial charge >= 0.3 is 5.97 Å². The van der Waals surface area contributed by atoms with Crippen molar-refractivity contribution in [2.75, 3.05) is 7.11 Å². The third-order valence-electron chi connectivity index (χ3n) is 3.62. The van der Waals surface area contributed by atoms with Crippen molar-refractivity contribution in [3.63, 3.8) is 0 Å². The van der Waals surface area contributed by atoms with Crippen LogP contribution in [0.4, 0.5) is 4.39 Å². The number of rotatable bonds is 6. The van der Waals surface area contributed by atoms with E-state index in [0.717, 1.165) is 0 Å². The van der Waals surface area contributed by atoms with E-state index in [9.17, 15) is 9.18 Å². The molecule has 0 radical (unpaired) electrons. The number of para-hydroxylation sites is 1. The summed E-state index contributed by atoms with van der Waals surface area (Å²) in [6.45, 7) is 0.0618. The van der Waals surface area contributed by atoms with Crippen LogP contribution in [0.15, 0.2) is 59.8 Å². The second-order valence-electron chi connectivity index (χ2n) is 5.43. The Morgan fingerprint density at radius 3 is 2.74 bits per heavy atom. The monoisotopic (exact) mass is 387 g/mol. The molecule has 0 unspecified atom stereocenters. The van der Waals surface area contributed by atoms with E-state index < -0.39 is 5.97 Å². The van der Waals surface area contributed by atoms with Gasteiger partial charge in [-0.3, -0.25) is 0 Å². The molecule has 0 saturated carbocycles. The Morgan fingerprint density at radius 2 is 2.04 bits per heavy atom. The van der Waals surface area contributed by atoms with E-state index in [1.54, 1.807) is 24.3 Å². The number of oxime groups is 1. The molecule has 3 rings (SSSR count). The molecule has 3 aromatic rings. The smallest absolute Gasteiger partial charge is 0.359 e. The molecule has 0 aliphatic heterocycles. The molecule has 6 nitrogen and oxygen atoms in total. The third kappa shape index (κ3) is 4.32. The lowest BCUT2D eigenvalue weighted by molar-refractivity contribution is 0.0593.